The Kier molecular flexibility index (Phi) is 4.45. The molecule has 1 aromatic carbocycles. The van der Waals surface area contributed by atoms with E-state index in [2.05, 4.69) is 26.6 Å². The van der Waals surface area contributed by atoms with Gasteiger partial charge in [-0.1, -0.05) is 0 Å². The number of urea groups is 1. The van der Waals surface area contributed by atoms with Crippen LogP contribution in [0.25, 0.3) is 6.08 Å². The van der Waals surface area contributed by atoms with Gasteiger partial charge in [0.05, 0.1) is 11.6 Å². The van der Waals surface area contributed by atoms with Crippen LogP contribution in [-0.4, -0.2) is 25.7 Å². The Morgan fingerprint density at radius 2 is 2.14 bits per heavy atom. The van der Waals surface area contributed by atoms with E-state index in [-0.39, 0.29) is 12.3 Å². The number of nitrogens with zero attached hydrogens (tertiary/aromatic N) is 1. The Morgan fingerprint density at radius 1 is 1.38 bits per heavy atom. The van der Waals surface area contributed by atoms with E-state index < -0.39 is 11.9 Å². The number of methoxy groups -OCH3 is 1. The van der Waals surface area contributed by atoms with E-state index in [4.69, 9.17) is 14.7 Å². The van der Waals surface area contributed by atoms with E-state index in [0.717, 1.165) is 0 Å². The fourth-order valence-electron chi connectivity index (χ4n) is 1.72. The van der Waals surface area contributed by atoms with Crippen molar-refractivity contribution in [3.05, 3.63) is 27.9 Å². The molecule has 8 heteroatoms. The van der Waals surface area contributed by atoms with Crippen molar-refractivity contribution < 1.29 is 19.1 Å². The van der Waals surface area contributed by atoms with E-state index >= 15 is 0 Å². The molecule has 2 N–H and O–H groups in total. The van der Waals surface area contributed by atoms with Crippen molar-refractivity contribution in [3.8, 4) is 17.6 Å². The number of imide groups is 1. The lowest BCUT2D eigenvalue weighted by atomic mass is 10.1. The summed E-state index contributed by atoms with van der Waals surface area (Å²) in [6.07, 6.45) is 1.50. The number of amides is 3. The summed E-state index contributed by atoms with van der Waals surface area (Å²) in [7, 11) is 1.46. The molecule has 108 valence electrons. The van der Waals surface area contributed by atoms with Gasteiger partial charge in [0.15, 0.2) is 18.1 Å². The van der Waals surface area contributed by atoms with Gasteiger partial charge in [0.1, 0.15) is 11.8 Å². The number of benzene rings is 1. The van der Waals surface area contributed by atoms with Crippen molar-refractivity contribution >= 4 is 33.9 Å². The highest BCUT2D eigenvalue weighted by molar-refractivity contribution is 9.10. The fraction of sp³-hybridized carbons (Fsp3) is 0.154. The molecule has 0 bridgehead atoms. The Balaban J connectivity index is 2.37. The zero-order chi connectivity index (χ0) is 15.4. The van der Waals surface area contributed by atoms with Crippen molar-refractivity contribution in [3.63, 3.8) is 0 Å². The molecule has 0 aromatic heterocycles. The highest BCUT2D eigenvalue weighted by atomic mass is 79.9. The monoisotopic (exact) mass is 351 g/mol. The zero-order valence-corrected chi connectivity index (χ0v) is 12.5. The molecule has 0 unspecified atom stereocenters. The van der Waals surface area contributed by atoms with Crippen LogP contribution in [0.1, 0.15) is 5.56 Å². The Labute approximate surface area is 128 Å². The SMILES string of the molecule is COc1cc(/C=C2\NC(=O)NC2=O)cc(Br)c1OCC#N. The lowest BCUT2D eigenvalue weighted by Crippen LogP contribution is -2.22. The average molecular weight is 352 g/mol. The number of nitriles is 1. The Morgan fingerprint density at radius 3 is 2.71 bits per heavy atom. The molecule has 0 saturated carbocycles. The third-order valence-corrected chi connectivity index (χ3v) is 3.15. The van der Waals surface area contributed by atoms with E-state index in [1.807, 2.05) is 6.07 Å². The molecular formula is C13H10BrN3O4. The molecule has 0 aliphatic carbocycles. The minimum atomic E-state index is -0.564. The summed E-state index contributed by atoms with van der Waals surface area (Å²) in [4.78, 5) is 22.5. The molecule has 1 aromatic rings. The predicted octanol–water partition coefficient (Wildman–Crippen LogP) is 1.54. The van der Waals surface area contributed by atoms with E-state index in [0.29, 0.717) is 21.5 Å². The van der Waals surface area contributed by atoms with Crippen molar-refractivity contribution in [2.45, 2.75) is 0 Å². The summed E-state index contributed by atoms with van der Waals surface area (Å²) in [5.41, 5.74) is 0.759. The van der Waals surface area contributed by atoms with E-state index in [1.54, 1.807) is 12.1 Å². The minimum Gasteiger partial charge on any atom is -0.493 e. The van der Waals surface area contributed by atoms with Gasteiger partial charge in [0.2, 0.25) is 0 Å². The van der Waals surface area contributed by atoms with E-state index in [9.17, 15) is 9.59 Å². The largest absolute Gasteiger partial charge is 0.493 e. The second-order valence-corrected chi connectivity index (χ2v) is 4.80. The Bertz CT molecular complexity index is 679. The van der Waals surface area contributed by atoms with Crippen molar-refractivity contribution in [1.29, 1.82) is 5.26 Å². The number of rotatable bonds is 4. The molecular weight excluding hydrogens is 342 g/mol. The first-order valence-electron chi connectivity index (χ1n) is 5.76. The van der Waals surface area contributed by atoms with Gasteiger partial charge in [-0.3, -0.25) is 10.1 Å². The van der Waals surface area contributed by atoms with Crippen LogP contribution in [0.4, 0.5) is 4.79 Å². The summed E-state index contributed by atoms with van der Waals surface area (Å²) < 4.78 is 11.0. The van der Waals surface area contributed by atoms with Gasteiger partial charge in [-0.15, -0.1) is 0 Å². The molecule has 1 heterocycles. The molecule has 2 rings (SSSR count). The molecule has 3 amide bonds. The second-order valence-electron chi connectivity index (χ2n) is 3.95. The third kappa shape index (κ3) is 3.32. The smallest absolute Gasteiger partial charge is 0.326 e. The van der Waals surface area contributed by atoms with Gasteiger partial charge >= 0.3 is 6.03 Å². The maximum atomic E-state index is 11.5. The molecule has 1 aliphatic rings. The van der Waals surface area contributed by atoms with Gasteiger partial charge in [0.25, 0.3) is 5.91 Å². The summed E-state index contributed by atoms with van der Waals surface area (Å²) in [6, 6.07) is 4.61. The first-order valence-corrected chi connectivity index (χ1v) is 6.55. The van der Waals surface area contributed by atoms with Crippen LogP contribution < -0.4 is 20.1 Å². The Hall–Kier alpha value is -2.53. The van der Waals surface area contributed by atoms with Gasteiger partial charge < -0.3 is 14.8 Å². The van der Waals surface area contributed by atoms with Crippen molar-refractivity contribution in [1.82, 2.24) is 10.6 Å². The molecule has 1 fully saturated rings. The highest BCUT2D eigenvalue weighted by Gasteiger charge is 2.23. The average Bonchev–Trinajstić information content (AvgIpc) is 2.75. The topological polar surface area (TPSA) is 100 Å². The van der Waals surface area contributed by atoms with Gasteiger partial charge in [-0.25, -0.2) is 4.79 Å². The van der Waals surface area contributed by atoms with Crippen LogP contribution in [0.3, 0.4) is 0 Å². The second kappa shape index (κ2) is 6.28. The molecule has 1 aliphatic heterocycles. The number of nitrogens with one attached hydrogen (secondary N) is 2. The standard InChI is InChI=1S/C13H10BrN3O4/c1-20-10-6-7(4-8(14)11(10)21-3-2-15)5-9-12(18)17-13(19)16-9/h4-6H,3H2,1H3,(H2,16,17,18,19)/b9-5-. The summed E-state index contributed by atoms with van der Waals surface area (Å²) in [5, 5.41) is 13.1. The summed E-state index contributed by atoms with van der Waals surface area (Å²) >= 11 is 3.31. The van der Waals surface area contributed by atoms with Crippen LogP contribution >= 0.6 is 15.9 Å². The van der Waals surface area contributed by atoms with Crippen LogP contribution in [0, 0.1) is 11.3 Å². The van der Waals surface area contributed by atoms with Crippen LogP contribution in [0.15, 0.2) is 22.3 Å². The van der Waals surface area contributed by atoms with Gasteiger partial charge in [-0.2, -0.15) is 5.26 Å². The number of hydrogen-bond acceptors (Lipinski definition) is 5. The van der Waals surface area contributed by atoms with E-state index in [1.165, 1.54) is 13.2 Å². The number of carbonyl (C=O) groups excluding carboxylic acids is 2. The molecule has 7 nitrogen and oxygen atoms in total. The molecule has 0 atom stereocenters. The molecule has 21 heavy (non-hydrogen) atoms. The minimum absolute atomic E-state index is 0.117. The molecule has 0 spiro atoms. The van der Waals surface area contributed by atoms with Crippen LogP contribution in [0.2, 0.25) is 0 Å². The van der Waals surface area contributed by atoms with Gasteiger partial charge in [-0.05, 0) is 39.7 Å². The number of hydrogen-bond donors (Lipinski definition) is 2. The van der Waals surface area contributed by atoms with Gasteiger partial charge in [0, 0.05) is 0 Å². The molecule has 1 saturated heterocycles. The van der Waals surface area contributed by atoms with Crippen molar-refractivity contribution in [2.24, 2.45) is 0 Å². The summed E-state index contributed by atoms with van der Waals surface area (Å²) in [5.74, 6) is 0.289. The van der Waals surface area contributed by atoms with Crippen LogP contribution in [-0.2, 0) is 4.79 Å². The fourth-order valence-corrected chi connectivity index (χ4v) is 2.29. The predicted molar refractivity (Wildman–Crippen MR) is 76.5 cm³/mol. The number of carbonyl (C=O) groups is 2. The maximum Gasteiger partial charge on any atom is 0.326 e. The normalized spacial score (nSPS) is 15.4. The quantitative estimate of drug-likeness (QED) is 0.632. The maximum absolute atomic E-state index is 11.5. The lowest BCUT2D eigenvalue weighted by molar-refractivity contribution is -0.115. The molecule has 0 radical (unpaired) electrons. The van der Waals surface area contributed by atoms with Crippen molar-refractivity contribution in [2.75, 3.05) is 13.7 Å². The number of ether oxygens (including phenoxy) is 2. The first-order chi connectivity index (χ1) is 10.0. The number of halogens is 1. The van der Waals surface area contributed by atoms with Crippen LogP contribution in [0.5, 0.6) is 11.5 Å². The highest BCUT2D eigenvalue weighted by Crippen LogP contribution is 2.37. The third-order valence-electron chi connectivity index (χ3n) is 2.56. The zero-order valence-electron chi connectivity index (χ0n) is 10.9. The first kappa shape index (κ1) is 14.9. The summed E-state index contributed by atoms with van der Waals surface area (Å²) in [6.45, 7) is -0.117. The lowest BCUT2D eigenvalue weighted by Gasteiger charge is -2.11.